The Morgan fingerprint density at radius 3 is 2.36 bits per heavy atom. The maximum Gasteiger partial charge on any atom is 0.250 e. The summed E-state index contributed by atoms with van der Waals surface area (Å²) in [7, 11) is 0. The lowest BCUT2D eigenvalue weighted by Gasteiger charge is -2.30. The van der Waals surface area contributed by atoms with E-state index in [2.05, 4.69) is 0 Å². The summed E-state index contributed by atoms with van der Waals surface area (Å²) in [5.74, 6) is -2.70. The van der Waals surface area contributed by atoms with E-state index in [4.69, 9.17) is 10.8 Å². The van der Waals surface area contributed by atoms with Crippen molar-refractivity contribution in [1.82, 2.24) is 0 Å². The Morgan fingerprint density at radius 1 is 1.45 bits per heavy atom. The summed E-state index contributed by atoms with van der Waals surface area (Å²) < 4.78 is 24.8. The number of halogens is 3. The molecule has 0 heterocycles. The van der Waals surface area contributed by atoms with E-state index in [0.717, 1.165) is 0 Å². The smallest absolute Gasteiger partial charge is 0.250 e. The van der Waals surface area contributed by atoms with Crippen LogP contribution in [-0.2, 0) is 0 Å². The van der Waals surface area contributed by atoms with Gasteiger partial charge in [-0.25, -0.2) is 8.78 Å². The van der Waals surface area contributed by atoms with Crippen LogP contribution >= 0.6 is 12.4 Å². The third kappa shape index (κ3) is 2.89. The average molecular weight is 188 g/mol. The van der Waals surface area contributed by atoms with Crippen molar-refractivity contribution in [2.24, 2.45) is 5.73 Å². The van der Waals surface area contributed by atoms with Crippen molar-refractivity contribution in [2.75, 3.05) is 0 Å². The molecule has 1 aliphatic rings. The lowest BCUT2D eigenvalue weighted by atomic mass is 9.90. The highest BCUT2D eigenvalue weighted by Crippen LogP contribution is 2.32. The molecule has 1 aliphatic carbocycles. The summed E-state index contributed by atoms with van der Waals surface area (Å²) >= 11 is 0. The molecule has 2 nitrogen and oxygen atoms in total. The second kappa shape index (κ2) is 3.65. The molecule has 0 saturated heterocycles. The minimum absolute atomic E-state index is 0. The summed E-state index contributed by atoms with van der Waals surface area (Å²) in [5, 5.41) is 8.91. The fraction of sp³-hybridized carbons (Fsp3) is 1.00. The van der Waals surface area contributed by atoms with Gasteiger partial charge >= 0.3 is 0 Å². The van der Waals surface area contributed by atoms with Gasteiger partial charge in [-0.15, -0.1) is 12.4 Å². The number of aliphatic hydroxyl groups is 1. The lowest BCUT2D eigenvalue weighted by Crippen LogP contribution is -2.44. The Labute approximate surface area is 70.2 Å². The van der Waals surface area contributed by atoms with Crippen molar-refractivity contribution in [3.63, 3.8) is 0 Å². The van der Waals surface area contributed by atoms with Crippen LogP contribution in [-0.4, -0.2) is 23.2 Å². The molecule has 0 aromatic rings. The zero-order chi connectivity index (χ0) is 7.78. The minimum Gasteiger partial charge on any atom is -0.391 e. The summed E-state index contributed by atoms with van der Waals surface area (Å²) in [6, 6.07) is -0.459. The van der Waals surface area contributed by atoms with E-state index < -0.39 is 24.5 Å². The molecule has 1 rings (SSSR count). The molecule has 0 aromatic heterocycles. The molecule has 0 aromatic carbocycles. The van der Waals surface area contributed by atoms with Crippen LogP contribution in [0.4, 0.5) is 8.78 Å². The molecule has 68 valence electrons. The minimum atomic E-state index is -2.70. The molecule has 0 spiro atoms. The molecule has 5 heteroatoms. The summed E-state index contributed by atoms with van der Waals surface area (Å²) in [5.41, 5.74) is 5.32. The molecule has 3 N–H and O–H groups in total. The molecule has 0 radical (unpaired) electrons. The van der Waals surface area contributed by atoms with E-state index in [1.54, 1.807) is 0 Å². The normalized spacial score (nSPS) is 36.0. The van der Waals surface area contributed by atoms with Gasteiger partial charge in [-0.3, -0.25) is 0 Å². The maximum absolute atomic E-state index is 12.4. The molecular weight excluding hydrogens is 176 g/mol. The SMILES string of the molecule is Cl.N[C@H]1CCC(F)(F)C[C@H]1O. The zero-order valence-electron chi connectivity index (χ0n) is 5.96. The fourth-order valence-electron chi connectivity index (χ4n) is 1.13. The first kappa shape index (κ1) is 11.1. The number of aliphatic hydroxyl groups excluding tert-OH is 1. The van der Waals surface area contributed by atoms with Crippen LogP contribution in [0, 0.1) is 0 Å². The van der Waals surface area contributed by atoms with E-state index in [1.807, 2.05) is 0 Å². The lowest BCUT2D eigenvalue weighted by molar-refractivity contribution is -0.0825. The van der Waals surface area contributed by atoms with Crippen LogP contribution in [0.25, 0.3) is 0 Å². The van der Waals surface area contributed by atoms with Gasteiger partial charge in [0.25, 0.3) is 5.92 Å². The van der Waals surface area contributed by atoms with E-state index in [-0.39, 0.29) is 25.2 Å². The van der Waals surface area contributed by atoms with E-state index in [1.165, 1.54) is 0 Å². The van der Waals surface area contributed by atoms with Crippen molar-refractivity contribution in [2.45, 2.75) is 37.3 Å². The van der Waals surface area contributed by atoms with Gasteiger partial charge in [0.1, 0.15) is 0 Å². The van der Waals surface area contributed by atoms with Crippen LogP contribution in [0.15, 0.2) is 0 Å². The first-order valence-corrected chi connectivity index (χ1v) is 3.33. The third-order valence-corrected chi connectivity index (χ3v) is 1.85. The van der Waals surface area contributed by atoms with E-state index in [0.29, 0.717) is 0 Å². The predicted octanol–water partition coefficient (Wildman–Crippen LogP) is 0.916. The highest BCUT2D eigenvalue weighted by atomic mass is 35.5. The number of hydrogen-bond donors (Lipinski definition) is 2. The molecule has 11 heavy (non-hydrogen) atoms. The summed E-state index contributed by atoms with van der Waals surface area (Å²) in [6.45, 7) is 0. The van der Waals surface area contributed by atoms with Crippen LogP contribution in [0.1, 0.15) is 19.3 Å². The number of alkyl halides is 2. The Bertz CT molecular complexity index is 134. The zero-order valence-corrected chi connectivity index (χ0v) is 6.78. The molecular formula is C6H12ClF2NO. The van der Waals surface area contributed by atoms with Gasteiger partial charge < -0.3 is 10.8 Å². The molecule has 0 amide bonds. The molecule has 2 atom stereocenters. The predicted molar refractivity (Wildman–Crippen MR) is 40.0 cm³/mol. The van der Waals surface area contributed by atoms with E-state index in [9.17, 15) is 8.78 Å². The Balaban J connectivity index is 0.000001000. The Hall–Kier alpha value is 0.0700. The van der Waals surface area contributed by atoms with Crippen molar-refractivity contribution < 1.29 is 13.9 Å². The van der Waals surface area contributed by atoms with Crippen molar-refractivity contribution >= 4 is 12.4 Å². The molecule has 1 saturated carbocycles. The molecule has 0 unspecified atom stereocenters. The Kier molecular flexibility index (Phi) is 3.67. The standard InChI is InChI=1S/C6H11F2NO.ClH/c7-6(8)2-1-4(9)5(10)3-6;/h4-5,10H,1-3,9H2;1H/t4-,5+;/m0./s1. The number of rotatable bonds is 0. The van der Waals surface area contributed by atoms with Crippen LogP contribution in [0.5, 0.6) is 0 Å². The maximum atomic E-state index is 12.4. The van der Waals surface area contributed by atoms with Gasteiger partial charge in [0.2, 0.25) is 0 Å². The second-order valence-electron chi connectivity index (χ2n) is 2.83. The highest BCUT2D eigenvalue weighted by Gasteiger charge is 2.39. The van der Waals surface area contributed by atoms with Gasteiger partial charge in [-0.05, 0) is 6.42 Å². The largest absolute Gasteiger partial charge is 0.391 e. The quantitative estimate of drug-likeness (QED) is 0.593. The van der Waals surface area contributed by atoms with Gasteiger partial charge in [-0.1, -0.05) is 0 Å². The van der Waals surface area contributed by atoms with Gasteiger partial charge in [0, 0.05) is 18.9 Å². The molecule has 0 bridgehead atoms. The van der Waals surface area contributed by atoms with Crippen LogP contribution in [0.2, 0.25) is 0 Å². The van der Waals surface area contributed by atoms with Gasteiger partial charge in [-0.2, -0.15) is 0 Å². The average Bonchev–Trinajstić information content (AvgIpc) is 1.79. The topological polar surface area (TPSA) is 46.2 Å². The Morgan fingerprint density at radius 2 is 2.00 bits per heavy atom. The monoisotopic (exact) mass is 187 g/mol. The number of nitrogens with two attached hydrogens (primary N) is 1. The van der Waals surface area contributed by atoms with Crippen molar-refractivity contribution in [3.05, 3.63) is 0 Å². The highest BCUT2D eigenvalue weighted by molar-refractivity contribution is 5.85. The van der Waals surface area contributed by atoms with Crippen molar-refractivity contribution in [1.29, 1.82) is 0 Å². The summed E-state index contributed by atoms with van der Waals surface area (Å²) in [6.07, 6.45) is -1.48. The van der Waals surface area contributed by atoms with Gasteiger partial charge in [0.05, 0.1) is 6.10 Å². The van der Waals surface area contributed by atoms with Crippen LogP contribution in [0.3, 0.4) is 0 Å². The van der Waals surface area contributed by atoms with Crippen LogP contribution < -0.4 is 5.73 Å². The third-order valence-electron chi connectivity index (χ3n) is 1.85. The fourth-order valence-corrected chi connectivity index (χ4v) is 1.13. The second-order valence-corrected chi connectivity index (χ2v) is 2.83. The first-order valence-electron chi connectivity index (χ1n) is 3.33. The molecule has 0 aliphatic heterocycles. The number of hydrogen-bond acceptors (Lipinski definition) is 2. The summed E-state index contributed by atoms with van der Waals surface area (Å²) in [4.78, 5) is 0. The van der Waals surface area contributed by atoms with Crippen molar-refractivity contribution in [3.8, 4) is 0 Å². The van der Waals surface area contributed by atoms with E-state index >= 15 is 0 Å². The first-order chi connectivity index (χ1) is 4.51. The van der Waals surface area contributed by atoms with Gasteiger partial charge in [0.15, 0.2) is 0 Å². The molecule has 1 fully saturated rings.